The number of carbonyl (C=O) groups is 2. The second-order valence-electron chi connectivity index (χ2n) is 9.90. The van der Waals surface area contributed by atoms with Crippen LogP contribution in [0.3, 0.4) is 0 Å². The van der Waals surface area contributed by atoms with Crippen LogP contribution in [0.15, 0.2) is 41.4 Å². The van der Waals surface area contributed by atoms with Gasteiger partial charge in [-0.1, -0.05) is 18.2 Å². The van der Waals surface area contributed by atoms with Gasteiger partial charge in [0, 0.05) is 18.5 Å². The van der Waals surface area contributed by atoms with Gasteiger partial charge in [-0.15, -0.1) is 9.24 Å². The SMILES string of the molecule is COC(=O)NCC1COc2cc(S(=O)(=O)NC(=O)Cc3c(C)cc(-c4ccc5c(c4)COCC5)cc3P)nn2C1. The average Bonchev–Trinajstić information content (AvgIpc) is 3.38. The number of carbonyl (C=O) groups excluding carboxylic acids is 2. The van der Waals surface area contributed by atoms with Gasteiger partial charge in [-0.2, -0.15) is 13.5 Å². The Morgan fingerprint density at radius 1 is 1.18 bits per heavy atom. The van der Waals surface area contributed by atoms with Crippen molar-refractivity contribution in [2.24, 2.45) is 5.92 Å². The third kappa shape index (κ3) is 6.14. The van der Waals surface area contributed by atoms with E-state index in [-0.39, 0.29) is 36.4 Å². The van der Waals surface area contributed by atoms with Gasteiger partial charge in [0.2, 0.25) is 16.8 Å². The van der Waals surface area contributed by atoms with E-state index >= 15 is 0 Å². The summed E-state index contributed by atoms with van der Waals surface area (Å²) in [5, 5.41) is 7.21. The third-order valence-corrected chi connectivity index (χ3v) is 8.78. The molecule has 0 spiro atoms. The number of fused-ring (bicyclic) bond motifs is 2. The molecule has 13 heteroatoms. The smallest absolute Gasteiger partial charge is 0.406 e. The normalized spacial score (nSPS) is 16.3. The summed E-state index contributed by atoms with van der Waals surface area (Å²) < 4.78 is 45.2. The number of ether oxygens (including phenoxy) is 3. The molecule has 2 atom stereocenters. The minimum absolute atomic E-state index is 0.118. The van der Waals surface area contributed by atoms with E-state index < -0.39 is 22.0 Å². The standard InChI is InChI=1S/C27H31N4O7PS/c1-16-7-20(19-4-3-18-5-6-37-15-21(18)8-19)9-23(39)22(16)10-24(32)30-40(34,35)25-11-26-31(29-25)13-17(14-38-26)12-28-27(33)36-2/h3-4,7-9,11,17H,5-6,10,12-15,39H2,1-2H3,(H,28,33)(H,30,32). The summed E-state index contributed by atoms with van der Waals surface area (Å²) in [6.45, 7) is 4.13. The van der Waals surface area contributed by atoms with Gasteiger partial charge in [0.1, 0.15) is 0 Å². The number of aromatic nitrogens is 2. The number of sulfonamides is 1. The topological polar surface area (TPSA) is 138 Å². The van der Waals surface area contributed by atoms with Gasteiger partial charge in [-0.3, -0.25) is 4.79 Å². The van der Waals surface area contributed by atoms with Crippen molar-refractivity contribution >= 4 is 36.6 Å². The van der Waals surface area contributed by atoms with Gasteiger partial charge in [0.05, 0.1) is 39.9 Å². The van der Waals surface area contributed by atoms with E-state index in [4.69, 9.17) is 9.47 Å². The monoisotopic (exact) mass is 586 g/mol. The van der Waals surface area contributed by atoms with E-state index in [1.54, 1.807) is 0 Å². The molecule has 2 unspecified atom stereocenters. The first-order valence-electron chi connectivity index (χ1n) is 12.8. The van der Waals surface area contributed by atoms with Gasteiger partial charge < -0.3 is 19.5 Å². The van der Waals surface area contributed by atoms with Crippen molar-refractivity contribution in [1.82, 2.24) is 19.8 Å². The van der Waals surface area contributed by atoms with E-state index in [9.17, 15) is 18.0 Å². The Bertz CT molecular complexity index is 1550. The molecule has 3 aromatic rings. The Hall–Kier alpha value is -3.47. The highest BCUT2D eigenvalue weighted by Gasteiger charge is 2.28. The van der Waals surface area contributed by atoms with Crippen LogP contribution in [-0.4, -0.2) is 57.1 Å². The van der Waals surface area contributed by atoms with Gasteiger partial charge in [0.25, 0.3) is 10.0 Å². The van der Waals surface area contributed by atoms with Crippen molar-refractivity contribution in [1.29, 1.82) is 0 Å². The van der Waals surface area contributed by atoms with Crippen molar-refractivity contribution in [2.75, 3.05) is 26.9 Å². The summed E-state index contributed by atoms with van der Waals surface area (Å²) in [5.41, 5.74) is 6.16. The van der Waals surface area contributed by atoms with Crippen LogP contribution >= 0.6 is 9.24 Å². The summed E-state index contributed by atoms with van der Waals surface area (Å²) in [4.78, 5) is 24.2. The average molecular weight is 587 g/mol. The van der Waals surface area contributed by atoms with Crippen LogP contribution < -0.4 is 20.1 Å². The van der Waals surface area contributed by atoms with Crippen molar-refractivity contribution < 1.29 is 32.2 Å². The zero-order valence-corrected chi connectivity index (χ0v) is 24.2. The Balaban J connectivity index is 1.25. The fourth-order valence-electron chi connectivity index (χ4n) is 4.88. The highest BCUT2D eigenvalue weighted by atomic mass is 32.2. The zero-order chi connectivity index (χ0) is 28.4. The Kier molecular flexibility index (Phi) is 8.11. The molecular formula is C27H31N4O7PS. The number of rotatable bonds is 7. The lowest BCUT2D eigenvalue weighted by molar-refractivity contribution is -0.118. The molecule has 2 aliphatic heterocycles. The summed E-state index contributed by atoms with van der Waals surface area (Å²) in [6, 6.07) is 11.6. The van der Waals surface area contributed by atoms with Crippen molar-refractivity contribution in [3.8, 4) is 17.0 Å². The largest absolute Gasteiger partial charge is 0.477 e. The Labute approximate surface area is 234 Å². The summed E-state index contributed by atoms with van der Waals surface area (Å²) in [7, 11) is -0.303. The number of amides is 2. The predicted octanol–water partition coefficient (Wildman–Crippen LogP) is 1.84. The Morgan fingerprint density at radius 2 is 2.00 bits per heavy atom. The quantitative estimate of drug-likeness (QED) is 0.400. The molecule has 0 aliphatic carbocycles. The maximum absolute atomic E-state index is 13.0. The third-order valence-electron chi connectivity index (χ3n) is 7.02. The van der Waals surface area contributed by atoms with Crippen LogP contribution in [0.5, 0.6) is 5.88 Å². The van der Waals surface area contributed by atoms with Crippen molar-refractivity contribution in [3.63, 3.8) is 0 Å². The van der Waals surface area contributed by atoms with Crippen molar-refractivity contribution in [2.45, 2.75) is 37.9 Å². The maximum Gasteiger partial charge on any atom is 0.406 e. The molecule has 2 aromatic carbocycles. The molecule has 2 amide bonds. The lowest BCUT2D eigenvalue weighted by Crippen LogP contribution is -2.36. The molecule has 11 nitrogen and oxygen atoms in total. The van der Waals surface area contributed by atoms with Crippen LogP contribution in [0.1, 0.15) is 22.3 Å². The molecule has 5 rings (SSSR count). The number of nitrogens with one attached hydrogen (secondary N) is 2. The minimum Gasteiger partial charge on any atom is -0.477 e. The first kappa shape index (κ1) is 28.1. The van der Waals surface area contributed by atoms with Crippen LogP contribution in [0, 0.1) is 12.8 Å². The summed E-state index contributed by atoms with van der Waals surface area (Å²) >= 11 is 0. The van der Waals surface area contributed by atoms with E-state index in [0.717, 1.165) is 40.6 Å². The van der Waals surface area contributed by atoms with Gasteiger partial charge in [-0.05, 0) is 64.2 Å². The van der Waals surface area contributed by atoms with E-state index in [1.165, 1.54) is 29.0 Å². The molecule has 3 heterocycles. The van der Waals surface area contributed by atoms with E-state index in [1.807, 2.05) is 19.1 Å². The molecule has 212 valence electrons. The first-order valence-corrected chi connectivity index (χ1v) is 14.9. The lowest BCUT2D eigenvalue weighted by atomic mass is 9.94. The molecule has 1 aromatic heterocycles. The fourth-order valence-corrected chi connectivity index (χ4v) is 6.33. The molecule has 40 heavy (non-hydrogen) atoms. The summed E-state index contributed by atoms with van der Waals surface area (Å²) in [6.07, 6.45) is 0.224. The first-order chi connectivity index (χ1) is 19.1. The highest BCUT2D eigenvalue weighted by molar-refractivity contribution is 7.90. The number of alkyl carbamates (subject to hydrolysis) is 1. The Morgan fingerprint density at radius 3 is 2.77 bits per heavy atom. The van der Waals surface area contributed by atoms with Gasteiger partial charge >= 0.3 is 6.09 Å². The minimum atomic E-state index is -4.23. The number of nitrogens with zero attached hydrogens (tertiary/aromatic N) is 2. The van der Waals surface area contributed by atoms with Gasteiger partial charge in [0.15, 0.2) is 0 Å². The van der Waals surface area contributed by atoms with Crippen LogP contribution in [-0.2, 0) is 50.3 Å². The molecule has 2 N–H and O–H groups in total. The van der Waals surface area contributed by atoms with Crippen molar-refractivity contribution in [3.05, 3.63) is 58.7 Å². The number of hydrogen-bond donors (Lipinski definition) is 2. The highest BCUT2D eigenvalue weighted by Crippen LogP contribution is 2.28. The number of aryl methyl sites for hydroxylation is 1. The van der Waals surface area contributed by atoms with Gasteiger partial charge in [-0.25, -0.2) is 14.2 Å². The van der Waals surface area contributed by atoms with E-state index in [2.05, 4.69) is 47.3 Å². The second-order valence-corrected chi connectivity index (χ2v) is 12.2. The molecule has 0 saturated carbocycles. The molecule has 2 aliphatic rings. The summed E-state index contributed by atoms with van der Waals surface area (Å²) in [5.74, 6) is -0.523. The molecule has 0 bridgehead atoms. The lowest BCUT2D eigenvalue weighted by Gasteiger charge is -2.23. The van der Waals surface area contributed by atoms with Crippen LogP contribution in [0.25, 0.3) is 11.1 Å². The molecule has 0 radical (unpaired) electrons. The molecule has 0 saturated heterocycles. The fraction of sp³-hybridized carbons (Fsp3) is 0.370. The molecule has 0 fully saturated rings. The predicted molar refractivity (Wildman–Crippen MR) is 150 cm³/mol. The van der Waals surface area contributed by atoms with E-state index in [0.29, 0.717) is 13.2 Å². The number of methoxy groups -OCH3 is 1. The molecular weight excluding hydrogens is 555 g/mol. The number of hydrogen-bond acceptors (Lipinski definition) is 8. The van der Waals surface area contributed by atoms with Crippen LogP contribution in [0.2, 0.25) is 0 Å². The number of benzene rings is 2. The van der Waals surface area contributed by atoms with Crippen LogP contribution in [0.4, 0.5) is 4.79 Å². The maximum atomic E-state index is 13.0. The second kappa shape index (κ2) is 11.6. The zero-order valence-electron chi connectivity index (χ0n) is 22.2.